The predicted octanol–water partition coefficient (Wildman–Crippen LogP) is 2.11. The molecule has 24 heavy (non-hydrogen) atoms. The van der Waals surface area contributed by atoms with Crippen LogP contribution in [0.3, 0.4) is 0 Å². The Bertz CT molecular complexity index is 996. The van der Waals surface area contributed by atoms with Crippen molar-refractivity contribution in [3.63, 3.8) is 0 Å². The molecule has 0 N–H and O–H groups in total. The molecule has 6 nitrogen and oxygen atoms in total. The van der Waals surface area contributed by atoms with Gasteiger partial charge < -0.3 is 4.57 Å². The van der Waals surface area contributed by atoms with Gasteiger partial charge in [-0.1, -0.05) is 18.2 Å². The van der Waals surface area contributed by atoms with Crippen molar-refractivity contribution in [3.8, 4) is 6.07 Å². The smallest absolute Gasteiger partial charge is 0.269 e. The monoisotopic (exact) mass is 319 g/mol. The number of nitriles is 1. The Morgan fingerprint density at radius 1 is 1.12 bits per heavy atom. The fourth-order valence-electron chi connectivity index (χ4n) is 3.56. The van der Waals surface area contributed by atoms with Crippen LogP contribution >= 0.6 is 0 Å². The molecule has 1 aromatic carbocycles. The summed E-state index contributed by atoms with van der Waals surface area (Å²) in [5.74, 6) is 0. The van der Waals surface area contributed by atoms with Crippen LogP contribution in [-0.4, -0.2) is 39.1 Å². The second-order valence-electron chi connectivity index (χ2n) is 6.14. The van der Waals surface area contributed by atoms with Crippen LogP contribution in [0.1, 0.15) is 18.9 Å². The van der Waals surface area contributed by atoms with E-state index in [9.17, 15) is 4.79 Å². The van der Waals surface area contributed by atoms with E-state index >= 15 is 0 Å². The highest BCUT2D eigenvalue weighted by Gasteiger charge is 2.23. The van der Waals surface area contributed by atoms with Crippen LogP contribution in [0.2, 0.25) is 0 Å². The topological polar surface area (TPSA) is 74.8 Å². The van der Waals surface area contributed by atoms with E-state index in [-0.39, 0.29) is 11.6 Å². The molecule has 0 amide bonds. The SMILES string of the molecule is N#CCN1CCC(n2c(=O)cnc3cnc4ccccc4c32)CC1. The molecule has 1 aliphatic heterocycles. The highest BCUT2D eigenvalue weighted by atomic mass is 16.1. The van der Waals surface area contributed by atoms with Crippen LogP contribution in [-0.2, 0) is 0 Å². The summed E-state index contributed by atoms with van der Waals surface area (Å²) in [5.41, 5.74) is 2.41. The predicted molar refractivity (Wildman–Crippen MR) is 91.6 cm³/mol. The van der Waals surface area contributed by atoms with Gasteiger partial charge in [0.2, 0.25) is 0 Å². The van der Waals surface area contributed by atoms with Gasteiger partial charge in [0.05, 0.1) is 36.0 Å². The molecule has 1 aliphatic rings. The molecule has 4 rings (SSSR count). The van der Waals surface area contributed by atoms with E-state index in [2.05, 4.69) is 20.9 Å². The highest BCUT2D eigenvalue weighted by Crippen LogP contribution is 2.27. The molecule has 3 heterocycles. The zero-order valence-electron chi connectivity index (χ0n) is 13.2. The number of pyridine rings is 1. The molecule has 6 heteroatoms. The molecule has 0 saturated carbocycles. The van der Waals surface area contributed by atoms with Gasteiger partial charge in [0.25, 0.3) is 5.56 Å². The third-order valence-electron chi connectivity index (χ3n) is 4.74. The van der Waals surface area contributed by atoms with Crippen molar-refractivity contribution in [1.29, 1.82) is 5.26 Å². The van der Waals surface area contributed by atoms with Crippen molar-refractivity contribution in [1.82, 2.24) is 19.4 Å². The number of rotatable bonds is 2. The van der Waals surface area contributed by atoms with Crippen LogP contribution in [0.15, 0.2) is 41.5 Å². The number of benzene rings is 1. The first-order chi connectivity index (χ1) is 11.8. The lowest BCUT2D eigenvalue weighted by atomic mass is 10.0. The summed E-state index contributed by atoms with van der Waals surface area (Å²) in [7, 11) is 0. The van der Waals surface area contributed by atoms with Gasteiger partial charge in [-0.3, -0.25) is 14.7 Å². The van der Waals surface area contributed by atoms with Gasteiger partial charge in [-0.25, -0.2) is 4.98 Å². The van der Waals surface area contributed by atoms with Gasteiger partial charge >= 0.3 is 0 Å². The van der Waals surface area contributed by atoms with E-state index in [0.29, 0.717) is 6.54 Å². The van der Waals surface area contributed by atoms with Crippen LogP contribution in [0, 0.1) is 11.3 Å². The van der Waals surface area contributed by atoms with E-state index in [1.807, 2.05) is 28.8 Å². The lowest BCUT2D eigenvalue weighted by Gasteiger charge is -2.32. The molecule has 0 unspecified atom stereocenters. The minimum Gasteiger partial charge on any atom is -0.302 e. The number of likely N-dealkylation sites (tertiary alicyclic amines) is 1. The molecule has 2 aromatic heterocycles. The first-order valence-corrected chi connectivity index (χ1v) is 8.12. The molecule has 0 aliphatic carbocycles. The lowest BCUT2D eigenvalue weighted by Crippen LogP contribution is -2.37. The number of piperidine rings is 1. The van der Waals surface area contributed by atoms with Crippen LogP contribution < -0.4 is 5.56 Å². The highest BCUT2D eigenvalue weighted by molar-refractivity contribution is 6.01. The summed E-state index contributed by atoms with van der Waals surface area (Å²) < 4.78 is 1.88. The molecular weight excluding hydrogens is 302 g/mol. The van der Waals surface area contributed by atoms with Crippen LogP contribution in [0.4, 0.5) is 0 Å². The van der Waals surface area contributed by atoms with Gasteiger partial charge in [-0.05, 0) is 18.9 Å². The Labute approximate surface area is 139 Å². The van der Waals surface area contributed by atoms with Gasteiger partial charge in [0, 0.05) is 24.5 Å². The van der Waals surface area contributed by atoms with Crippen LogP contribution in [0.5, 0.6) is 0 Å². The maximum Gasteiger partial charge on any atom is 0.269 e. The number of nitrogens with zero attached hydrogens (tertiary/aromatic N) is 5. The average Bonchev–Trinajstić information content (AvgIpc) is 2.63. The van der Waals surface area contributed by atoms with Gasteiger partial charge in [0.15, 0.2) is 0 Å². The zero-order valence-corrected chi connectivity index (χ0v) is 13.2. The normalized spacial score (nSPS) is 16.5. The van der Waals surface area contributed by atoms with E-state index in [4.69, 9.17) is 5.26 Å². The molecule has 0 bridgehead atoms. The molecule has 0 atom stereocenters. The summed E-state index contributed by atoms with van der Waals surface area (Å²) in [4.78, 5) is 23.4. The van der Waals surface area contributed by atoms with Gasteiger partial charge in [-0.15, -0.1) is 0 Å². The summed E-state index contributed by atoms with van der Waals surface area (Å²) in [6.07, 6.45) is 4.84. The fraction of sp³-hybridized carbons (Fsp3) is 0.333. The minimum absolute atomic E-state index is 0.0717. The van der Waals surface area contributed by atoms with E-state index in [1.54, 1.807) is 6.20 Å². The first-order valence-electron chi connectivity index (χ1n) is 8.12. The summed E-state index contributed by atoms with van der Waals surface area (Å²) in [6, 6.07) is 10.2. The Kier molecular flexibility index (Phi) is 3.71. The van der Waals surface area contributed by atoms with E-state index in [0.717, 1.165) is 47.9 Å². The molecule has 0 spiro atoms. The van der Waals surface area contributed by atoms with Crippen molar-refractivity contribution in [2.75, 3.05) is 19.6 Å². The third-order valence-corrected chi connectivity index (χ3v) is 4.74. The number of hydrogen-bond donors (Lipinski definition) is 0. The van der Waals surface area contributed by atoms with Crippen molar-refractivity contribution in [3.05, 3.63) is 47.0 Å². The van der Waals surface area contributed by atoms with Gasteiger partial charge in [-0.2, -0.15) is 5.26 Å². The number of para-hydroxylation sites is 1. The molecular formula is C18H17N5O. The Morgan fingerprint density at radius 3 is 2.67 bits per heavy atom. The van der Waals surface area contributed by atoms with Gasteiger partial charge in [0.1, 0.15) is 5.52 Å². The first kappa shape index (κ1) is 14.8. The number of fused-ring (bicyclic) bond motifs is 3. The largest absolute Gasteiger partial charge is 0.302 e. The maximum atomic E-state index is 12.6. The van der Waals surface area contributed by atoms with Crippen molar-refractivity contribution in [2.45, 2.75) is 18.9 Å². The molecule has 1 saturated heterocycles. The maximum absolute atomic E-state index is 12.6. The van der Waals surface area contributed by atoms with E-state index < -0.39 is 0 Å². The van der Waals surface area contributed by atoms with Crippen molar-refractivity contribution < 1.29 is 0 Å². The third kappa shape index (κ3) is 2.43. The Morgan fingerprint density at radius 2 is 1.88 bits per heavy atom. The molecule has 120 valence electrons. The minimum atomic E-state index is -0.0717. The molecule has 0 radical (unpaired) electrons. The van der Waals surface area contributed by atoms with Crippen molar-refractivity contribution in [2.24, 2.45) is 0 Å². The Hall–Kier alpha value is -2.78. The van der Waals surface area contributed by atoms with Crippen LogP contribution in [0.25, 0.3) is 21.9 Å². The zero-order chi connectivity index (χ0) is 16.5. The second-order valence-corrected chi connectivity index (χ2v) is 6.14. The second kappa shape index (κ2) is 6.02. The summed E-state index contributed by atoms with van der Waals surface area (Å²) >= 11 is 0. The molecule has 3 aromatic rings. The summed E-state index contributed by atoms with van der Waals surface area (Å²) in [5, 5.41) is 9.80. The molecule has 1 fully saturated rings. The van der Waals surface area contributed by atoms with E-state index in [1.165, 1.54) is 6.20 Å². The number of hydrogen-bond acceptors (Lipinski definition) is 5. The standard InChI is InChI=1S/C18H17N5O/c19-7-10-22-8-5-13(6-9-22)23-17(24)12-21-16-11-20-15-4-2-1-3-14(15)18(16)23/h1-4,11-13H,5-6,8-10H2. The summed E-state index contributed by atoms with van der Waals surface area (Å²) in [6.45, 7) is 2.11. The fourth-order valence-corrected chi connectivity index (χ4v) is 3.56. The van der Waals surface area contributed by atoms with Crippen molar-refractivity contribution >= 4 is 21.9 Å². The average molecular weight is 319 g/mol. The Balaban J connectivity index is 1.86. The quantitative estimate of drug-likeness (QED) is 0.534. The number of aromatic nitrogens is 3. The lowest BCUT2D eigenvalue weighted by molar-refractivity contribution is 0.205.